The number of piperidine rings is 1. The Morgan fingerprint density at radius 1 is 1.15 bits per heavy atom. The normalized spacial score (nSPS) is 30.1. The van der Waals surface area contributed by atoms with E-state index in [9.17, 15) is 14.4 Å². The van der Waals surface area contributed by atoms with E-state index in [1.165, 1.54) is 6.92 Å². The summed E-state index contributed by atoms with van der Waals surface area (Å²) in [6.45, 7) is 2.73. The van der Waals surface area contributed by atoms with Gasteiger partial charge in [0.2, 0.25) is 11.8 Å². The molecule has 0 bridgehead atoms. The van der Waals surface area contributed by atoms with E-state index in [2.05, 4.69) is 5.32 Å². The number of carbonyl (C=O) groups excluding carboxylic acids is 2. The zero-order chi connectivity index (χ0) is 14.7. The van der Waals surface area contributed by atoms with Crippen LogP contribution in [0.3, 0.4) is 0 Å². The standard InChI is InChI=1S/C14H22N2O4/c1-9(17)16-6-2-3-11(8-16)13(18)15-12-5-4-10(7-12)14(19)20/h10-12H,2-8H2,1H3,(H,15,18)(H,19,20)/t10-,11?,12+/m1/s1. The average Bonchev–Trinajstić information content (AvgIpc) is 2.87. The monoisotopic (exact) mass is 282 g/mol. The Bertz CT molecular complexity index is 410. The summed E-state index contributed by atoms with van der Waals surface area (Å²) >= 11 is 0. The highest BCUT2D eigenvalue weighted by atomic mass is 16.4. The number of nitrogens with zero attached hydrogens (tertiary/aromatic N) is 1. The first-order valence-electron chi connectivity index (χ1n) is 7.26. The number of hydrogen-bond donors (Lipinski definition) is 2. The first-order chi connectivity index (χ1) is 9.47. The van der Waals surface area contributed by atoms with Crippen LogP contribution in [0.15, 0.2) is 0 Å². The molecule has 6 nitrogen and oxygen atoms in total. The first kappa shape index (κ1) is 14.8. The van der Waals surface area contributed by atoms with Crippen molar-refractivity contribution in [3.05, 3.63) is 0 Å². The molecular weight excluding hydrogens is 260 g/mol. The van der Waals surface area contributed by atoms with Gasteiger partial charge in [0.05, 0.1) is 11.8 Å². The highest BCUT2D eigenvalue weighted by Crippen LogP contribution is 2.26. The molecule has 1 heterocycles. The fourth-order valence-corrected chi connectivity index (χ4v) is 3.13. The van der Waals surface area contributed by atoms with Crippen molar-refractivity contribution in [3.8, 4) is 0 Å². The molecular formula is C14H22N2O4. The lowest BCUT2D eigenvalue weighted by molar-refractivity contribution is -0.142. The van der Waals surface area contributed by atoms with Gasteiger partial charge in [0.25, 0.3) is 0 Å². The molecule has 20 heavy (non-hydrogen) atoms. The molecule has 2 rings (SSSR count). The van der Waals surface area contributed by atoms with Gasteiger partial charge in [0, 0.05) is 26.1 Å². The van der Waals surface area contributed by atoms with E-state index < -0.39 is 5.97 Å². The van der Waals surface area contributed by atoms with Crippen LogP contribution >= 0.6 is 0 Å². The fraction of sp³-hybridized carbons (Fsp3) is 0.786. The van der Waals surface area contributed by atoms with Gasteiger partial charge in [-0.1, -0.05) is 0 Å². The van der Waals surface area contributed by atoms with Gasteiger partial charge in [-0.15, -0.1) is 0 Å². The Morgan fingerprint density at radius 3 is 2.50 bits per heavy atom. The van der Waals surface area contributed by atoms with Gasteiger partial charge >= 0.3 is 5.97 Å². The minimum atomic E-state index is -0.776. The summed E-state index contributed by atoms with van der Waals surface area (Å²) in [4.78, 5) is 36.2. The van der Waals surface area contributed by atoms with E-state index in [-0.39, 0.29) is 29.7 Å². The molecule has 2 amide bonds. The van der Waals surface area contributed by atoms with Gasteiger partial charge in [-0.25, -0.2) is 0 Å². The second-order valence-corrected chi connectivity index (χ2v) is 5.86. The number of rotatable bonds is 3. The number of carboxylic acids is 1. The lowest BCUT2D eigenvalue weighted by atomic mass is 9.96. The third-order valence-electron chi connectivity index (χ3n) is 4.37. The minimum Gasteiger partial charge on any atom is -0.481 e. The van der Waals surface area contributed by atoms with Crippen LogP contribution in [0.25, 0.3) is 0 Å². The van der Waals surface area contributed by atoms with Crippen molar-refractivity contribution in [1.29, 1.82) is 0 Å². The molecule has 0 spiro atoms. The van der Waals surface area contributed by atoms with E-state index in [0.29, 0.717) is 19.4 Å². The molecule has 0 aromatic carbocycles. The molecule has 2 N–H and O–H groups in total. The Morgan fingerprint density at radius 2 is 1.90 bits per heavy atom. The summed E-state index contributed by atoms with van der Waals surface area (Å²) in [5.74, 6) is -1.29. The topological polar surface area (TPSA) is 86.7 Å². The molecule has 0 radical (unpaired) electrons. The molecule has 112 valence electrons. The van der Waals surface area contributed by atoms with Crippen molar-refractivity contribution in [3.63, 3.8) is 0 Å². The zero-order valence-corrected chi connectivity index (χ0v) is 11.8. The van der Waals surface area contributed by atoms with E-state index in [0.717, 1.165) is 25.8 Å². The summed E-state index contributed by atoms with van der Waals surface area (Å²) in [7, 11) is 0. The number of carbonyl (C=O) groups is 3. The first-order valence-corrected chi connectivity index (χ1v) is 7.26. The SMILES string of the molecule is CC(=O)N1CCCC(C(=O)N[C@H]2CC[C@@H](C(=O)O)C2)C1. The molecule has 2 aliphatic rings. The Labute approximate surface area is 118 Å². The highest BCUT2D eigenvalue weighted by Gasteiger charge is 2.33. The molecule has 3 atom stereocenters. The lowest BCUT2D eigenvalue weighted by Crippen LogP contribution is -2.46. The van der Waals surface area contributed by atoms with Crippen molar-refractivity contribution in [2.45, 2.75) is 45.1 Å². The van der Waals surface area contributed by atoms with Gasteiger partial charge < -0.3 is 15.3 Å². The zero-order valence-electron chi connectivity index (χ0n) is 11.8. The number of nitrogens with one attached hydrogen (secondary N) is 1. The average molecular weight is 282 g/mol. The van der Waals surface area contributed by atoms with Crippen molar-refractivity contribution < 1.29 is 19.5 Å². The predicted octanol–water partition coefficient (Wildman–Crippen LogP) is 0.614. The summed E-state index contributed by atoms with van der Waals surface area (Å²) in [6, 6.07) is -0.0312. The van der Waals surface area contributed by atoms with Crippen LogP contribution in [0.2, 0.25) is 0 Å². The molecule has 1 aliphatic heterocycles. The fourth-order valence-electron chi connectivity index (χ4n) is 3.13. The van der Waals surface area contributed by atoms with E-state index in [1.54, 1.807) is 4.90 Å². The smallest absolute Gasteiger partial charge is 0.306 e. The number of amides is 2. The van der Waals surface area contributed by atoms with E-state index in [4.69, 9.17) is 5.11 Å². The maximum absolute atomic E-state index is 12.2. The Kier molecular flexibility index (Phi) is 4.62. The number of carboxylic acid groups (broad SMARTS) is 1. The molecule has 0 aromatic rings. The minimum absolute atomic E-state index is 0.00862. The second-order valence-electron chi connectivity index (χ2n) is 5.86. The van der Waals surface area contributed by atoms with Crippen molar-refractivity contribution >= 4 is 17.8 Å². The maximum atomic E-state index is 12.2. The second kappa shape index (κ2) is 6.24. The third kappa shape index (κ3) is 3.49. The highest BCUT2D eigenvalue weighted by molar-refractivity contribution is 5.81. The number of hydrogen-bond acceptors (Lipinski definition) is 3. The van der Waals surface area contributed by atoms with Crippen molar-refractivity contribution in [2.24, 2.45) is 11.8 Å². The van der Waals surface area contributed by atoms with Gasteiger partial charge in [0.15, 0.2) is 0 Å². The third-order valence-corrected chi connectivity index (χ3v) is 4.37. The van der Waals surface area contributed by atoms with Crippen LogP contribution in [0.1, 0.15) is 39.0 Å². The van der Waals surface area contributed by atoms with Gasteiger partial charge in [0.1, 0.15) is 0 Å². The summed E-state index contributed by atoms with van der Waals surface area (Å²) in [6.07, 6.45) is 3.52. The summed E-state index contributed by atoms with van der Waals surface area (Å²) < 4.78 is 0. The predicted molar refractivity (Wildman–Crippen MR) is 71.9 cm³/mol. The van der Waals surface area contributed by atoms with E-state index in [1.807, 2.05) is 0 Å². The largest absolute Gasteiger partial charge is 0.481 e. The molecule has 2 fully saturated rings. The van der Waals surface area contributed by atoms with Crippen molar-refractivity contribution in [1.82, 2.24) is 10.2 Å². The van der Waals surface area contributed by atoms with Gasteiger partial charge in [-0.3, -0.25) is 14.4 Å². The van der Waals surface area contributed by atoms with E-state index >= 15 is 0 Å². The van der Waals surface area contributed by atoms with Crippen LogP contribution in [0.4, 0.5) is 0 Å². The molecule has 6 heteroatoms. The van der Waals surface area contributed by atoms with Crippen LogP contribution in [0, 0.1) is 11.8 Å². The summed E-state index contributed by atoms with van der Waals surface area (Å²) in [5, 5.41) is 11.9. The molecule has 1 saturated heterocycles. The number of aliphatic carboxylic acids is 1. The van der Waals surface area contributed by atoms with Crippen LogP contribution < -0.4 is 5.32 Å². The van der Waals surface area contributed by atoms with Crippen LogP contribution in [-0.4, -0.2) is 46.9 Å². The molecule has 1 aliphatic carbocycles. The molecule has 1 saturated carbocycles. The van der Waals surface area contributed by atoms with Crippen LogP contribution in [0.5, 0.6) is 0 Å². The lowest BCUT2D eigenvalue weighted by Gasteiger charge is -2.31. The quantitative estimate of drug-likeness (QED) is 0.794. The Balaban J connectivity index is 1.83. The summed E-state index contributed by atoms with van der Waals surface area (Å²) in [5.41, 5.74) is 0. The van der Waals surface area contributed by atoms with Gasteiger partial charge in [-0.05, 0) is 32.1 Å². The van der Waals surface area contributed by atoms with Crippen molar-refractivity contribution in [2.75, 3.05) is 13.1 Å². The Hall–Kier alpha value is -1.59. The maximum Gasteiger partial charge on any atom is 0.306 e. The molecule has 1 unspecified atom stereocenters. The van der Waals surface area contributed by atoms with Gasteiger partial charge in [-0.2, -0.15) is 0 Å². The number of likely N-dealkylation sites (tertiary alicyclic amines) is 1. The molecule has 0 aromatic heterocycles. The van der Waals surface area contributed by atoms with Crippen LogP contribution in [-0.2, 0) is 14.4 Å².